The van der Waals surface area contributed by atoms with Crippen LogP contribution in [0.5, 0.6) is 0 Å². The first kappa shape index (κ1) is 32.5. The number of alkyl carbamates (subject to hydrolysis) is 1. The van der Waals surface area contributed by atoms with Gasteiger partial charge in [-0.15, -0.1) is 0 Å². The van der Waals surface area contributed by atoms with Crippen LogP contribution in [-0.4, -0.2) is 87.5 Å². The van der Waals surface area contributed by atoms with Crippen molar-refractivity contribution in [3.63, 3.8) is 0 Å². The summed E-state index contributed by atoms with van der Waals surface area (Å²) in [6.07, 6.45) is 1.43. The lowest BCUT2D eigenvalue weighted by Crippen LogP contribution is -2.51. The number of carbonyl (C=O) groups excluding carboxylic acids is 3. The second-order valence-corrected chi connectivity index (χ2v) is 13.0. The molecule has 0 saturated carbocycles. The number of ether oxygens (including phenoxy) is 5. The number of nitrogens with two attached hydrogens (primary N) is 1. The third kappa shape index (κ3) is 7.04. The molecular weight excluding hydrogens is 558 g/mol. The topological polar surface area (TPSA) is 164 Å². The molecule has 3 heterocycles. The molecule has 3 aliphatic rings. The number of nitrogens with one attached hydrogen (secondary N) is 1. The largest absolute Gasteiger partial charge is 0.462 e. The van der Waals surface area contributed by atoms with Crippen molar-refractivity contribution in [2.45, 2.75) is 123 Å². The number of fused-ring (bicyclic) bond motifs is 2. The predicted octanol–water partition coefficient (Wildman–Crippen LogP) is 3.60. The van der Waals surface area contributed by atoms with Gasteiger partial charge in [-0.25, -0.2) is 24.4 Å². The number of nitrogen functional groups attached to an aromatic ring is 1. The zero-order chi connectivity index (χ0) is 31.9. The average molecular weight is 604 g/mol. The van der Waals surface area contributed by atoms with E-state index in [-0.39, 0.29) is 12.5 Å². The van der Waals surface area contributed by atoms with Gasteiger partial charge in [0.2, 0.25) is 0 Å². The first-order valence-corrected chi connectivity index (χ1v) is 14.8. The highest BCUT2D eigenvalue weighted by molar-refractivity contribution is 5.83. The zero-order valence-electron chi connectivity index (χ0n) is 26.5. The Labute approximate surface area is 252 Å². The lowest BCUT2D eigenvalue weighted by Gasteiger charge is -2.34. The summed E-state index contributed by atoms with van der Waals surface area (Å²) in [7, 11) is 0. The molecule has 2 saturated heterocycles. The SMILES string of the molecule is CCC(C)[C@H](NC(=O)OC(C)(C)C)C(=O)OC[C@@H]1[C@H]2OC(C)(C)O[C@H]2[C@H](C2=CCc3c(N)ncnc32)N1C(=O)OC(C)C. The average Bonchev–Trinajstić information content (AvgIpc) is 3.53. The second kappa shape index (κ2) is 12.3. The van der Waals surface area contributed by atoms with Gasteiger partial charge in [0.15, 0.2) is 5.79 Å². The van der Waals surface area contributed by atoms with E-state index in [1.807, 2.05) is 19.9 Å². The van der Waals surface area contributed by atoms with Crippen molar-refractivity contribution in [1.29, 1.82) is 0 Å². The van der Waals surface area contributed by atoms with Gasteiger partial charge < -0.3 is 34.7 Å². The Morgan fingerprint density at radius 2 is 1.84 bits per heavy atom. The zero-order valence-corrected chi connectivity index (χ0v) is 26.5. The minimum Gasteiger partial charge on any atom is -0.462 e. The van der Waals surface area contributed by atoms with Crippen LogP contribution in [0.25, 0.3) is 5.57 Å². The quantitative estimate of drug-likeness (QED) is 0.329. The highest BCUT2D eigenvalue weighted by Gasteiger charge is 2.61. The molecule has 2 amide bonds. The number of allylic oxidation sites excluding steroid dienone is 1. The summed E-state index contributed by atoms with van der Waals surface area (Å²) in [6, 6.07) is -2.40. The minimum absolute atomic E-state index is 0.224. The molecule has 0 bridgehead atoms. The summed E-state index contributed by atoms with van der Waals surface area (Å²) in [6.45, 7) is 15.8. The Hall–Kier alpha value is -3.45. The molecule has 2 fully saturated rings. The van der Waals surface area contributed by atoms with E-state index in [1.165, 1.54) is 11.2 Å². The Morgan fingerprint density at radius 3 is 2.47 bits per heavy atom. The van der Waals surface area contributed by atoms with E-state index in [4.69, 9.17) is 29.4 Å². The number of nitrogens with zero attached hydrogens (tertiary/aromatic N) is 3. The molecule has 1 aliphatic carbocycles. The number of hydrogen-bond donors (Lipinski definition) is 2. The van der Waals surface area contributed by atoms with E-state index in [0.717, 1.165) is 11.1 Å². The lowest BCUT2D eigenvalue weighted by molar-refractivity contribution is -0.169. The van der Waals surface area contributed by atoms with Gasteiger partial charge in [-0.1, -0.05) is 26.3 Å². The van der Waals surface area contributed by atoms with Gasteiger partial charge in [-0.2, -0.15) is 0 Å². The lowest BCUT2D eigenvalue weighted by atomic mass is 9.99. The van der Waals surface area contributed by atoms with Gasteiger partial charge in [0, 0.05) is 5.56 Å². The molecule has 0 spiro atoms. The van der Waals surface area contributed by atoms with Crippen LogP contribution in [0.3, 0.4) is 0 Å². The van der Waals surface area contributed by atoms with Crippen molar-refractivity contribution in [3.8, 4) is 0 Å². The fourth-order valence-electron chi connectivity index (χ4n) is 5.70. The van der Waals surface area contributed by atoms with Crippen molar-refractivity contribution in [3.05, 3.63) is 23.7 Å². The van der Waals surface area contributed by atoms with Crippen LogP contribution in [0.15, 0.2) is 12.4 Å². The fourth-order valence-corrected chi connectivity index (χ4v) is 5.70. The maximum atomic E-state index is 13.7. The van der Waals surface area contributed by atoms with Gasteiger partial charge >= 0.3 is 18.2 Å². The number of rotatable bonds is 8. The molecule has 43 heavy (non-hydrogen) atoms. The summed E-state index contributed by atoms with van der Waals surface area (Å²) in [4.78, 5) is 49.9. The third-order valence-electron chi connectivity index (χ3n) is 7.69. The molecule has 4 rings (SSSR count). The van der Waals surface area contributed by atoms with Crippen molar-refractivity contribution in [2.75, 3.05) is 12.3 Å². The van der Waals surface area contributed by atoms with E-state index in [1.54, 1.807) is 48.5 Å². The number of esters is 1. The monoisotopic (exact) mass is 603 g/mol. The van der Waals surface area contributed by atoms with Gasteiger partial charge in [-0.3, -0.25) is 4.90 Å². The molecule has 1 unspecified atom stereocenters. The van der Waals surface area contributed by atoms with E-state index < -0.39 is 66.0 Å². The molecule has 13 nitrogen and oxygen atoms in total. The highest BCUT2D eigenvalue weighted by Crippen LogP contribution is 2.47. The second-order valence-electron chi connectivity index (χ2n) is 13.0. The first-order chi connectivity index (χ1) is 20.0. The maximum Gasteiger partial charge on any atom is 0.411 e. The van der Waals surface area contributed by atoms with Gasteiger partial charge in [0.05, 0.1) is 23.9 Å². The maximum absolute atomic E-state index is 13.7. The van der Waals surface area contributed by atoms with Crippen LogP contribution in [0.1, 0.15) is 80.0 Å². The number of hydrogen-bond acceptors (Lipinski definition) is 11. The highest BCUT2D eigenvalue weighted by atomic mass is 16.8. The molecule has 1 aromatic heterocycles. The van der Waals surface area contributed by atoms with E-state index in [9.17, 15) is 14.4 Å². The Balaban J connectivity index is 1.65. The van der Waals surface area contributed by atoms with Crippen LogP contribution in [-0.2, 0) is 34.9 Å². The number of aromatic nitrogens is 2. The Bertz CT molecular complexity index is 1260. The molecular formula is C30H45N5O8. The minimum atomic E-state index is -0.967. The van der Waals surface area contributed by atoms with E-state index in [0.29, 0.717) is 24.4 Å². The van der Waals surface area contributed by atoms with Crippen LogP contribution in [0.2, 0.25) is 0 Å². The fraction of sp³-hybridized carbons (Fsp3) is 0.700. The normalized spacial score (nSPS) is 25.4. The summed E-state index contributed by atoms with van der Waals surface area (Å²) in [5.41, 5.74) is 7.53. The number of carbonyl (C=O) groups is 3. The Morgan fingerprint density at radius 1 is 1.16 bits per heavy atom. The standard InChI is InChI=1S/C30H45N5O8/c1-10-16(4)20(34-27(37)43-29(5,6)7)26(36)39-13-19-23-24(42-30(8,9)41-23)22(35(19)28(38)40-15(2)3)17-11-12-18-21(17)32-14-33-25(18)31/h11,14-16,19-20,22-24H,10,12-13H2,1-9H3,(H,34,37)(H2,31,32,33)/t16?,19-,20+,22+,23-,24+/m1/s1. The molecule has 0 radical (unpaired) electrons. The van der Waals surface area contributed by atoms with Crippen LogP contribution >= 0.6 is 0 Å². The number of likely N-dealkylation sites (tertiary alicyclic amines) is 1. The Kier molecular flexibility index (Phi) is 9.27. The van der Waals surface area contributed by atoms with E-state index in [2.05, 4.69) is 15.3 Å². The molecule has 1 aromatic rings. The molecule has 6 atom stereocenters. The smallest absolute Gasteiger partial charge is 0.411 e. The predicted molar refractivity (Wildman–Crippen MR) is 157 cm³/mol. The molecule has 2 aliphatic heterocycles. The third-order valence-corrected chi connectivity index (χ3v) is 7.69. The summed E-state index contributed by atoms with van der Waals surface area (Å²) >= 11 is 0. The van der Waals surface area contributed by atoms with Crippen molar-refractivity contribution < 1.29 is 38.1 Å². The van der Waals surface area contributed by atoms with Crippen LogP contribution in [0.4, 0.5) is 15.4 Å². The molecule has 3 N–H and O–H groups in total. The summed E-state index contributed by atoms with van der Waals surface area (Å²) in [5.74, 6) is -1.50. The number of anilines is 1. The molecule has 238 valence electrons. The van der Waals surface area contributed by atoms with Gasteiger partial charge in [0.1, 0.15) is 42.6 Å². The molecule has 0 aromatic carbocycles. The van der Waals surface area contributed by atoms with Crippen molar-refractivity contribution in [2.24, 2.45) is 5.92 Å². The van der Waals surface area contributed by atoms with E-state index >= 15 is 0 Å². The summed E-state index contributed by atoms with van der Waals surface area (Å²) < 4.78 is 29.6. The van der Waals surface area contributed by atoms with Crippen LogP contribution in [0, 0.1) is 5.92 Å². The summed E-state index contributed by atoms with van der Waals surface area (Å²) in [5, 5.41) is 2.66. The van der Waals surface area contributed by atoms with Gasteiger partial charge in [-0.05, 0) is 66.4 Å². The number of amides is 2. The molecule has 13 heteroatoms. The van der Waals surface area contributed by atoms with Gasteiger partial charge in [0.25, 0.3) is 0 Å². The van der Waals surface area contributed by atoms with Crippen molar-refractivity contribution >= 4 is 29.5 Å². The van der Waals surface area contributed by atoms with Crippen molar-refractivity contribution in [1.82, 2.24) is 20.2 Å². The van der Waals surface area contributed by atoms with Crippen LogP contribution < -0.4 is 11.1 Å². The first-order valence-electron chi connectivity index (χ1n) is 14.8.